The van der Waals surface area contributed by atoms with Gasteiger partial charge in [-0.3, -0.25) is 19.4 Å². The van der Waals surface area contributed by atoms with Gasteiger partial charge >= 0.3 is 0 Å². The molecule has 0 saturated heterocycles. The van der Waals surface area contributed by atoms with Crippen molar-refractivity contribution in [1.82, 2.24) is 29.1 Å². The molecule has 19 aromatic carbocycles. The molecule has 147 heavy (non-hydrogen) atoms. The first kappa shape index (κ1) is 83.8. The first-order valence-corrected chi connectivity index (χ1v) is 50.7. The summed E-state index contributed by atoms with van der Waals surface area (Å²) in [6.45, 7) is 4.76. The third-order valence-corrected chi connectivity index (χ3v) is 32.5. The maximum atomic E-state index is 6.57. The molecule has 6 aromatic heterocycles. The molecule has 0 saturated carbocycles. The van der Waals surface area contributed by atoms with Crippen molar-refractivity contribution < 1.29 is 4.74 Å². The van der Waals surface area contributed by atoms with Gasteiger partial charge in [-0.1, -0.05) is 384 Å². The molecule has 0 radical (unpaired) electrons. The number of hydrogen-bond donors (Lipinski definition) is 0. The van der Waals surface area contributed by atoms with Crippen molar-refractivity contribution in [3.8, 4) is 101 Å². The summed E-state index contributed by atoms with van der Waals surface area (Å²) in [6, 6.07) is 176. The van der Waals surface area contributed by atoms with E-state index in [1.165, 1.54) is 166 Å². The number of benzene rings is 19. The number of hydrogen-bond acceptors (Lipinski definition) is 7. The van der Waals surface area contributed by atoms with Gasteiger partial charge in [0.05, 0.1) is 66.6 Å². The summed E-state index contributed by atoms with van der Waals surface area (Å²) in [4.78, 5) is 24.6. The van der Waals surface area contributed by atoms with E-state index in [1.54, 1.807) is 0 Å². The average molecular weight is 1880 g/mol. The minimum atomic E-state index is -0.555. The largest absolute Gasteiger partial charge is 0.457 e. The lowest BCUT2D eigenvalue weighted by molar-refractivity contribution is 0.436. The summed E-state index contributed by atoms with van der Waals surface area (Å²) in [7, 11) is 0. The minimum absolute atomic E-state index is 0.0919. The Kier molecular flexibility index (Phi) is 18.4. The second-order valence-electron chi connectivity index (χ2n) is 39.9. The normalized spacial score (nSPS) is 14.8. The van der Waals surface area contributed by atoms with E-state index in [0.29, 0.717) is 0 Å². The summed E-state index contributed by atoms with van der Waals surface area (Å²) < 4.78 is 11.3. The molecule has 1 unspecified atom stereocenters. The zero-order valence-corrected chi connectivity index (χ0v) is 80.5. The van der Waals surface area contributed by atoms with E-state index in [1.807, 2.05) is 43.0 Å². The fourth-order valence-electron chi connectivity index (χ4n) is 26.7. The number of aromatic nitrogens is 6. The third kappa shape index (κ3) is 11.8. The monoisotopic (exact) mass is 1870 g/mol. The highest BCUT2D eigenvalue weighted by Gasteiger charge is 2.57. The minimum Gasteiger partial charge on any atom is -0.457 e. The lowest BCUT2D eigenvalue weighted by Crippen LogP contribution is -2.36. The van der Waals surface area contributed by atoms with Crippen molar-refractivity contribution in [3.63, 3.8) is 0 Å². The Morgan fingerprint density at radius 2 is 0.633 bits per heavy atom. The van der Waals surface area contributed by atoms with Gasteiger partial charge in [0, 0.05) is 68.6 Å². The predicted molar refractivity (Wildman–Crippen MR) is 599 cm³/mol. The van der Waals surface area contributed by atoms with Gasteiger partial charge in [0.15, 0.2) is 0 Å². The van der Waals surface area contributed by atoms with Gasteiger partial charge in [0.1, 0.15) is 29.0 Å². The van der Waals surface area contributed by atoms with Gasteiger partial charge in [-0.05, 0) is 265 Å². The molecule has 0 fully saturated rings. The zero-order valence-electron chi connectivity index (χ0n) is 80.5. The molecule has 25 aromatic rings. The molecule has 9 heterocycles. The number of para-hydroxylation sites is 6. The molecule has 9 nitrogen and oxygen atoms in total. The number of fused-ring (bicyclic) bond motifs is 40. The van der Waals surface area contributed by atoms with E-state index in [4.69, 9.17) is 24.7 Å². The molecule has 9 heteroatoms. The highest BCUT2D eigenvalue weighted by Crippen LogP contribution is 2.70. The SMILES string of the molecule is CC1(C)c2ccccc2-c2c1ccc1c2-c2ccccc2C12c1ccccc1N(c1nccc3ccccc13)c1ccc(-c3ccccc3)cc12.c1ccc(-c2ccc(-c3cccc(-n4c5cccnc5c5c6c(ccc54)C4(c5ccccc5Oc5ccccc54)c4ccccc4-6)c3)cc2)cc1.c1ccc(N2c3ccccc3C3(c4ccccc4-c4c3ccc3c4c4ccccc4n3-c3ccccn3)c3ccccc32)nc1. The third-order valence-electron chi connectivity index (χ3n) is 32.5. The van der Waals surface area contributed by atoms with Gasteiger partial charge in [0.25, 0.3) is 0 Å². The molecule has 4 aliphatic carbocycles. The van der Waals surface area contributed by atoms with E-state index in [9.17, 15) is 0 Å². The van der Waals surface area contributed by atoms with Crippen LogP contribution in [0.15, 0.2) is 510 Å². The van der Waals surface area contributed by atoms with Gasteiger partial charge in [-0.25, -0.2) is 15.0 Å². The Bertz CT molecular complexity index is 9690. The average Bonchev–Trinajstić information content (AvgIpc) is 1.50. The number of rotatable bonds is 7. The van der Waals surface area contributed by atoms with E-state index in [-0.39, 0.29) is 5.41 Å². The van der Waals surface area contributed by atoms with Crippen molar-refractivity contribution in [2.45, 2.75) is 35.5 Å². The Hall–Kier alpha value is -19.0. The Labute approximate surface area is 850 Å². The first-order valence-electron chi connectivity index (χ1n) is 50.7. The van der Waals surface area contributed by atoms with Gasteiger partial charge in [-0.2, -0.15) is 0 Å². The molecule has 0 N–H and O–H groups in total. The quantitative estimate of drug-likeness (QED) is 0.157. The van der Waals surface area contributed by atoms with Crippen molar-refractivity contribution in [3.05, 3.63) is 588 Å². The van der Waals surface area contributed by atoms with E-state index >= 15 is 0 Å². The van der Waals surface area contributed by atoms with Gasteiger partial charge in [-0.15, -0.1) is 0 Å². The molecule has 0 bridgehead atoms. The molecule has 32 rings (SSSR count). The Morgan fingerprint density at radius 3 is 1.26 bits per heavy atom. The summed E-state index contributed by atoms with van der Waals surface area (Å²) in [5, 5.41) is 5.98. The molecule has 688 valence electrons. The maximum Gasteiger partial charge on any atom is 0.145 e. The lowest BCUT2D eigenvalue weighted by Gasteiger charge is -2.45. The Morgan fingerprint density at radius 1 is 0.218 bits per heavy atom. The Balaban J connectivity index is 0.000000102. The van der Waals surface area contributed by atoms with Crippen LogP contribution < -0.4 is 14.5 Å². The molecular weight excluding hydrogens is 1790 g/mol. The van der Waals surface area contributed by atoms with E-state index in [2.05, 4.69) is 500 Å². The standard InChI is InChI=1S/C49H34N2.C48H30N2O.C41H26N4/c1-48(2)37-20-10-8-18-35(37)45-40(48)25-26-41-46(45)36-19-9-11-21-38(36)49(41)39-22-12-13-23-43(39)51(47-34-17-7-6-16-32(34)28-29-50-47)44-27-24-33(30-42(44)49)31-14-4-3-5-15-31;1-2-12-31(13-3-1)32-23-25-33(26-24-32)34-14-10-15-35(30-34)50-41-28-27-40-45(46(41)47-42(50)20-11-29-49-47)36-16-4-5-17-37(36)48(40)38-18-6-8-21-43(38)51-44-22-9-7-19-39(44)48;1-3-15-29-27(13-1)39-32(23-24-36-40(39)28-14-2-6-18-33(28)44(36)37-21-9-11-25-42-37)41(29)30-16-4-7-19-34(30)45(38-22-10-12-26-43-38)35-20-8-5-17-31(35)41/h3-30H,1-2H3;1-30H;1-26H. The van der Waals surface area contributed by atoms with Crippen LogP contribution in [0.2, 0.25) is 0 Å². The van der Waals surface area contributed by atoms with Crippen LogP contribution >= 0.6 is 0 Å². The second kappa shape index (κ2) is 32.3. The molecule has 0 amide bonds. The fourth-order valence-corrected chi connectivity index (χ4v) is 26.7. The van der Waals surface area contributed by atoms with Crippen molar-refractivity contribution >= 4 is 88.9 Å². The summed E-state index contributed by atoms with van der Waals surface area (Å²) in [5.74, 6) is 4.57. The van der Waals surface area contributed by atoms with Crippen LogP contribution in [0.25, 0.3) is 144 Å². The molecule has 3 spiro atoms. The van der Waals surface area contributed by atoms with Crippen molar-refractivity contribution in [2.24, 2.45) is 0 Å². The van der Waals surface area contributed by atoms with E-state index < -0.39 is 16.2 Å². The van der Waals surface area contributed by atoms with Crippen LogP contribution in [-0.4, -0.2) is 29.1 Å². The summed E-state index contributed by atoms with van der Waals surface area (Å²) >= 11 is 0. The predicted octanol–water partition coefficient (Wildman–Crippen LogP) is 34.1. The molecular formula is C138H90N8O. The van der Waals surface area contributed by atoms with Gasteiger partial charge in [0.2, 0.25) is 0 Å². The van der Waals surface area contributed by atoms with Crippen LogP contribution in [-0.2, 0) is 21.7 Å². The summed E-state index contributed by atoms with van der Waals surface area (Å²) in [6.07, 6.45) is 7.62. The fraction of sp³-hybridized carbons (Fsp3) is 0.0435. The number of anilines is 6. The van der Waals surface area contributed by atoms with Gasteiger partial charge < -0.3 is 9.30 Å². The number of ether oxygens (including phenoxy) is 1. The first-order chi connectivity index (χ1) is 72.8. The summed E-state index contributed by atoms with van der Waals surface area (Å²) in [5.41, 5.74) is 45.3. The molecule has 1 atom stereocenters. The number of nitrogens with zero attached hydrogens (tertiary/aromatic N) is 8. The van der Waals surface area contributed by atoms with Crippen LogP contribution in [0.1, 0.15) is 91.7 Å². The smallest absolute Gasteiger partial charge is 0.145 e. The lowest BCUT2D eigenvalue weighted by atomic mass is 9.64. The topological polar surface area (TPSA) is 77.1 Å². The van der Waals surface area contributed by atoms with Crippen LogP contribution in [0.3, 0.4) is 0 Å². The van der Waals surface area contributed by atoms with Crippen molar-refractivity contribution in [2.75, 3.05) is 9.80 Å². The van der Waals surface area contributed by atoms with Crippen LogP contribution in [0, 0.1) is 0 Å². The van der Waals surface area contributed by atoms with Crippen LogP contribution in [0.5, 0.6) is 11.5 Å². The maximum absolute atomic E-state index is 6.57. The second-order valence-corrected chi connectivity index (χ2v) is 39.9. The van der Waals surface area contributed by atoms with E-state index in [0.717, 1.165) is 101 Å². The highest BCUT2D eigenvalue weighted by atomic mass is 16.5. The number of pyridine rings is 4. The van der Waals surface area contributed by atoms with Crippen LogP contribution in [0.4, 0.5) is 34.4 Å². The molecule has 7 aliphatic rings. The zero-order chi connectivity index (χ0) is 97.0. The molecule has 3 aliphatic heterocycles. The highest BCUT2D eigenvalue weighted by molar-refractivity contribution is 6.20. The van der Waals surface area contributed by atoms with Crippen molar-refractivity contribution in [1.29, 1.82) is 0 Å².